The highest BCUT2D eigenvalue weighted by molar-refractivity contribution is 5.96. The normalized spacial score (nSPS) is 16.0. The second-order valence-electron chi connectivity index (χ2n) is 6.19. The topological polar surface area (TPSA) is 68.4 Å². The van der Waals surface area contributed by atoms with E-state index in [9.17, 15) is 14.9 Å². The van der Waals surface area contributed by atoms with Crippen molar-refractivity contribution in [3.8, 4) is 0 Å². The van der Waals surface area contributed by atoms with Gasteiger partial charge in [0.25, 0.3) is 0 Å². The van der Waals surface area contributed by atoms with Gasteiger partial charge in [0.2, 0.25) is 0 Å². The van der Waals surface area contributed by atoms with E-state index in [4.69, 9.17) is 0 Å². The van der Waals surface area contributed by atoms with Crippen LogP contribution in [0.2, 0.25) is 0 Å². The van der Waals surface area contributed by atoms with Crippen LogP contribution in [0.4, 0.5) is 11.4 Å². The molecule has 1 aromatic carbocycles. The van der Waals surface area contributed by atoms with Crippen LogP contribution in [0.5, 0.6) is 0 Å². The van der Waals surface area contributed by atoms with Crippen molar-refractivity contribution in [3.63, 3.8) is 0 Å². The molecule has 0 saturated carbocycles. The number of anilines is 1. The molecular weight excluding hydrogens is 294 g/mol. The molecule has 6 nitrogen and oxygen atoms in total. The van der Waals surface area contributed by atoms with Gasteiger partial charge in [0.1, 0.15) is 5.69 Å². The van der Waals surface area contributed by atoms with E-state index in [1.165, 1.54) is 4.57 Å². The van der Waals surface area contributed by atoms with Gasteiger partial charge in [-0.25, -0.2) is 0 Å². The average molecular weight is 315 g/mol. The van der Waals surface area contributed by atoms with Crippen molar-refractivity contribution in [3.05, 3.63) is 44.7 Å². The van der Waals surface area contributed by atoms with Gasteiger partial charge in [-0.2, -0.15) is 0 Å². The Bertz CT molecular complexity index is 805. The summed E-state index contributed by atoms with van der Waals surface area (Å²) in [4.78, 5) is 25.8. The Morgan fingerprint density at radius 3 is 2.52 bits per heavy atom. The third-order valence-corrected chi connectivity index (χ3v) is 4.72. The zero-order valence-corrected chi connectivity index (χ0v) is 13.5. The molecule has 1 saturated heterocycles. The fourth-order valence-corrected chi connectivity index (χ4v) is 3.41. The summed E-state index contributed by atoms with van der Waals surface area (Å²) in [6.07, 6.45) is 1.98. The summed E-state index contributed by atoms with van der Waals surface area (Å²) in [5.41, 5.74) is 0.455. The summed E-state index contributed by atoms with van der Waals surface area (Å²) in [7, 11) is 0. The maximum absolute atomic E-state index is 12.7. The van der Waals surface area contributed by atoms with Crippen molar-refractivity contribution >= 4 is 22.3 Å². The molecule has 0 atom stereocenters. The molecule has 3 rings (SSSR count). The first-order chi connectivity index (χ1) is 11.0. The molecule has 0 spiro atoms. The number of hydrogen-bond donors (Lipinski definition) is 0. The molecule has 122 valence electrons. The Morgan fingerprint density at radius 2 is 1.91 bits per heavy atom. The first-order valence-corrected chi connectivity index (χ1v) is 8.09. The number of hydrogen-bond acceptors (Lipinski definition) is 4. The SMILES string of the molecule is CCn1c(=O)c([N+](=O)[O-])c(N2CCC(C)CC2)c2ccccc21. The third-order valence-electron chi connectivity index (χ3n) is 4.72. The van der Waals surface area contributed by atoms with Crippen LogP contribution in [0.1, 0.15) is 26.7 Å². The molecule has 23 heavy (non-hydrogen) atoms. The summed E-state index contributed by atoms with van der Waals surface area (Å²) in [6.45, 7) is 5.94. The molecular formula is C17H21N3O3. The van der Waals surface area contributed by atoms with Crippen LogP contribution >= 0.6 is 0 Å². The second-order valence-corrected chi connectivity index (χ2v) is 6.19. The van der Waals surface area contributed by atoms with Crippen molar-refractivity contribution in [1.82, 2.24) is 4.57 Å². The minimum absolute atomic E-state index is 0.292. The second kappa shape index (κ2) is 6.02. The van der Waals surface area contributed by atoms with Crippen molar-refractivity contribution in [1.29, 1.82) is 0 Å². The maximum Gasteiger partial charge on any atom is 0.357 e. The van der Waals surface area contributed by atoms with Crippen molar-refractivity contribution in [2.45, 2.75) is 33.2 Å². The fraction of sp³-hybridized carbons (Fsp3) is 0.471. The van der Waals surface area contributed by atoms with Gasteiger partial charge in [0.05, 0.1) is 10.4 Å². The van der Waals surface area contributed by atoms with Gasteiger partial charge in [0, 0.05) is 25.0 Å². The zero-order valence-electron chi connectivity index (χ0n) is 13.5. The number of aryl methyl sites for hydroxylation is 1. The van der Waals surface area contributed by atoms with Crippen LogP contribution in [0.3, 0.4) is 0 Å². The molecule has 0 radical (unpaired) electrons. The first-order valence-electron chi connectivity index (χ1n) is 8.09. The third kappa shape index (κ3) is 2.58. The first kappa shape index (κ1) is 15.5. The number of piperidine rings is 1. The Balaban J connectivity index is 2.32. The minimum atomic E-state index is -0.520. The number of nitro groups is 1. The highest BCUT2D eigenvalue weighted by atomic mass is 16.6. The predicted molar refractivity (Wildman–Crippen MR) is 91.1 cm³/mol. The molecule has 1 fully saturated rings. The van der Waals surface area contributed by atoms with E-state index < -0.39 is 10.5 Å². The van der Waals surface area contributed by atoms with Crippen molar-refractivity contribution in [2.24, 2.45) is 5.92 Å². The molecule has 0 N–H and O–H groups in total. The van der Waals surface area contributed by atoms with Crippen LogP contribution in [0.15, 0.2) is 29.1 Å². The molecule has 2 aromatic rings. The fourth-order valence-electron chi connectivity index (χ4n) is 3.41. The average Bonchev–Trinajstić information content (AvgIpc) is 2.54. The lowest BCUT2D eigenvalue weighted by Gasteiger charge is -2.32. The molecule has 1 aliphatic rings. The molecule has 2 heterocycles. The van der Waals surface area contributed by atoms with E-state index >= 15 is 0 Å². The summed E-state index contributed by atoms with van der Waals surface area (Å²) >= 11 is 0. The van der Waals surface area contributed by atoms with Gasteiger partial charge in [-0.1, -0.05) is 25.1 Å². The molecule has 0 amide bonds. The minimum Gasteiger partial charge on any atom is -0.365 e. The largest absolute Gasteiger partial charge is 0.365 e. The van der Waals surface area contributed by atoms with Gasteiger partial charge in [0.15, 0.2) is 0 Å². The molecule has 1 aromatic heterocycles. The number of rotatable bonds is 3. The zero-order chi connectivity index (χ0) is 16.6. The summed E-state index contributed by atoms with van der Waals surface area (Å²) in [5.74, 6) is 0.618. The number of fused-ring (bicyclic) bond motifs is 1. The van der Waals surface area contributed by atoms with Gasteiger partial charge in [-0.3, -0.25) is 14.9 Å². The number of para-hydroxylation sites is 1. The van der Waals surface area contributed by atoms with E-state index in [1.807, 2.05) is 36.1 Å². The van der Waals surface area contributed by atoms with E-state index in [0.29, 0.717) is 18.2 Å². The van der Waals surface area contributed by atoms with Gasteiger partial charge < -0.3 is 9.47 Å². The smallest absolute Gasteiger partial charge is 0.357 e. The number of nitrogens with zero attached hydrogens (tertiary/aromatic N) is 3. The van der Waals surface area contributed by atoms with Crippen molar-refractivity contribution < 1.29 is 4.92 Å². The lowest BCUT2D eigenvalue weighted by molar-refractivity contribution is -0.385. The molecule has 1 aliphatic heterocycles. The summed E-state index contributed by atoms with van der Waals surface area (Å²) < 4.78 is 1.49. The van der Waals surface area contributed by atoms with Gasteiger partial charge >= 0.3 is 11.2 Å². The van der Waals surface area contributed by atoms with Crippen LogP contribution in [-0.2, 0) is 6.54 Å². The van der Waals surface area contributed by atoms with Gasteiger partial charge in [-0.15, -0.1) is 0 Å². The Hall–Kier alpha value is -2.37. The molecule has 0 bridgehead atoms. The highest BCUT2D eigenvalue weighted by Crippen LogP contribution is 2.35. The van der Waals surface area contributed by atoms with Crippen LogP contribution in [0.25, 0.3) is 10.9 Å². The molecule has 6 heteroatoms. The number of benzene rings is 1. The molecule has 0 aliphatic carbocycles. The predicted octanol–water partition coefficient (Wildman–Crippen LogP) is 3.17. The lowest BCUT2D eigenvalue weighted by Crippen LogP contribution is -2.35. The molecule has 0 unspecified atom stereocenters. The van der Waals surface area contributed by atoms with Crippen molar-refractivity contribution in [2.75, 3.05) is 18.0 Å². The lowest BCUT2D eigenvalue weighted by atomic mass is 9.98. The Kier molecular flexibility index (Phi) is 4.07. The van der Waals surface area contributed by atoms with Crippen LogP contribution < -0.4 is 10.5 Å². The monoisotopic (exact) mass is 315 g/mol. The van der Waals surface area contributed by atoms with E-state index in [1.54, 1.807) is 0 Å². The summed E-state index contributed by atoms with van der Waals surface area (Å²) in [6, 6.07) is 7.47. The summed E-state index contributed by atoms with van der Waals surface area (Å²) in [5, 5.41) is 12.4. The van der Waals surface area contributed by atoms with E-state index in [-0.39, 0.29) is 5.69 Å². The maximum atomic E-state index is 12.7. The number of pyridine rings is 1. The van der Waals surface area contributed by atoms with Gasteiger partial charge in [-0.05, 0) is 31.7 Å². The van der Waals surface area contributed by atoms with Crippen LogP contribution in [-0.4, -0.2) is 22.6 Å². The Morgan fingerprint density at radius 1 is 1.26 bits per heavy atom. The van der Waals surface area contributed by atoms with E-state index in [2.05, 4.69) is 6.92 Å². The standard InChI is InChI=1S/C17H21N3O3/c1-3-19-14-7-5-4-6-13(14)15(16(17(19)21)20(22)23)18-10-8-12(2)9-11-18/h4-7,12H,3,8-11H2,1-2H3. The Labute approximate surface area is 134 Å². The quantitative estimate of drug-likeness (QED) is 0.644. The van der Waals surface area contributed by atoms with E-state index in [0.717, 1.165) is 36.8 Å². The van der Waals surface area contributed by atoms with Crippen LogP contribution in [0, 0.1) is 16.0 Å². The highest BCUT2D eigenvalue weighted by Gasteiger charge is 2.30. The number of aromatic nitrogens is 1.